The number of anilines is 2. The Morgan fingerprint density at radius 1 is 0.935 bits per heavy atom. The maximum absolute atomic E-state index is 13.8. The molecule has 0 spiro atoms. The Morgan fingerprint density at radius 3 is 2.26 bits per heavy atom. The van der Waals surface area contributed by atoms with Crippen LogP contribution in [0.4, 0.5) is 20.5 Å². The van der Waals surface area contributed by atoms with Crippen molar-refractivity contribution >= 4 is 28.6 Å². The van der Waals surface area contributed by atoms with E-state index in [-0.39, 0.29) is 12.1 Å². The van der Waals surface area contributed by atoms with Crippen LogP contribution in [0, 0.1) is 11.6 Å². The highest BCUT2D eigenvalue weighted by Crippen LogP contribution is 2.26. The van der Waals surface area contributed by atoms with Gasteiger partial charge in [0.2, 0.25) is 5.95 Å². The highest BCUT2D eigenvalue weighted by atomic mass is 19.1. The molecule has 1 saturated carbocycles. The standard InChI is InChI=1S/C23H25F2N5O/c1-30(2)21-16-6-3-4-9-19(16)28-23(29-21)27-15-12-10-14(11-13-15)26-22(31)20-17(24)7-5-8-18(20)25/h3-9,14-15H,10-13H2,1-2H3,(H,26,31)(H,27,28,29). The zero-order valence-electron chi connectivity index (χ0n) is 17.5. The lowest BCUT2D eigenvalue weighted by Crippen LogP contribution is -2.40. The van der Waals surface area contributed by atoms with E-state index in [4.69, 9.17) is 0 Å². The fourth-order valence-electron chi connectivity index (χ4n) is 4.00. The molecule has 31 heavy (non-hydrogen) atoms. The Bertz CT molecular complexity index is 1080. The van der Waals surface area contributed by atoms with Gasteiger partial charge >= 0.3 is 0 Å². The number of hydrogen-bond donors (Lipinski definition) is 2. The molecule has 1 heterocycles. The Hall–Kier alpha value is -3.29. The summed E-state index contributed by atoms with van der Waals surface area (Å²) in [4.78, 5) is 23.6. The fraction of sp³-hybridized carbons (Fsp3) is 0.348. The van der Waals surface area contributed by atoms with Gasteiger partial charge in [-0.1, -0.05) is 18.2 Å². The number of carbonyl (C=O) groups is 1. The number of hydrogen-bond acceptors (Lipinski definition) is 5. The Morgan fingerprint density at radius 2 is 1.58 bits per heavy atom. The highest BCUT2D eigenvalue weighted by molar-refractivity contribution is 5.95. The summed E-state index contributed by atoms with van der Waals surface area (Å²) >= 11 is 0. The summed E-state index contributed by atoms with van der Waals surface area (Å²) in [6.45, 7) is 0. The second kappa shape index (κ2) is 8.83. The molecule has 3 aromatic rings. The van der Waals surface area contributed by atoms with Crippen molar-refractivity contribution < 1.29 is 13.6 Å². The van der Waals surface area contributed by atoms with Gasteiger partial charge in [0.1, 0.15) is 23.0 Å². The number of aromatic nitrogens is 2. The van der Waals surface area contributed by atoms with Crippen LogP contribution in [-0.4, -0.2) is 42.1 Å². The molecular formula is C23H25F2N5O. The predicted molar refractivity (Wildman–Crippen MR) is 117 cm³/mol. The molecule has 2 aromatic carbocycles. The van der Waals surface area contributed by atoms with Crippen molar-refractivity contribution in [3.8, 4) is 0 Å². The maximum Gasteiger partial charge on any atom is 0.257 e. The lowest BCUT2D eigenvalue weighted by atomic mass is 9.91. The molecule has 0 aliphatic heterocycles. The van der Waals surface area contributed by atoms with Crippen LogP contribution >= 0.6 is 0 Å². The molecular weight excluding hydrogens is 400 g/mol. The largest absolute Gasteiger partial charge is 0.362 e. The van der Waals surface area contributed by atoms with Crippen LogP contribution in [0.25, 0.3) is 10.9 Å². The van der Waals surface area contributed by atoms with Crippen molar-refractivity contribution in [2.45, 2.75) is 37.8 Å². The molecule has 0 bridgehead atoms. The van der Waals surface area contributed by atoms with Gasteiger partial charge < -0.3 is 15.5 Å². The van der Waals surface area contributed by atoms with Crippen LogP contribution in [0.2, 0.25) is 0 Å². The third-order valence-corrected chi connectivity index (χ3v) is 5.59. The van der Waals surface area contributed by atoms with Gasteiger partial charge in [-0.05, 0) is 49.9 Å². The molecule has 1 fully saturated rings. The highest BCUT2D eigenvalue weighted by Gasteiger charge is 2.25. The average Bonchev–Trinajstić information content (AvgIpc) is 2.74. The fourth-order valence-corrected chi connectivity index (χ4v) is 4.00. The molecule has 0 saturated heterocycles. The molecule has 8 heteroatoms. The number of benzene rings is 2. The number of nitrogens with zero attached hydrogens (tertiary/aromatic N) is 3. The van der Waals surface area contributed by atoms with E-state index in [2.05, 4.69) is 20.6 Å². The molecule has 4 rings (SSSR count). The van der Waals surface area contributed by atoms with Crippen LogP contribution in [0.1, 0.15) is 36.0 Å². The minimum atomic E-state index is -0.849. The van der Waals surface area contributed by atoms with E-state index in [0.717, 1.165) is 41.7 Å². The van der Waals surface area contributed by atoms with Gasteiger partial charge in [-0.25, -0.2) is 13.8 Å². The van der Waals surface area contributed by atoms with Crippen LogP contribution in [0.15, 0.2) is 42.5 Å². The molecule has 0 radical (unpaired) electrons. The summed E-state index contributed by atoms with van der Waals surface area (Å²) in [6, 6.07) is 11.3. The first kappa shape index (κ1) is 21.0. The van der Waals surface area contributed by atoms with Crippen molar-refractivity contribution in [1.82, 2.24) is 15.3 Å². The van der Waals surface area contributed by atoms with Gasteiger partial charge in [-0.15, -0.1) is 0 Å². The van der Waals surface area contributed by atoms with E-state index in [0.29, 0.717) is 18.8 Å². The monoisotopic (exact) mass is 425 g/mol. The molecule has 1 aliphatic rings. The number of halogens is 2. The number of fused-ring (bicyclic) bond motifs is 1. The maximum atomic E-state index is 13.8. The van der Waals surface area contributed by atoms with Crippen molar-refractivity contribution in [3.63, 3.8) is 0 Å². The van der Waals surface area contributed by atoms with Gasteiger partial charge in [0.15, 0.2) is 0 Å². The molecule has 1 aromatic heterocycles. The summed E-state index contributed by atoms with van der Waals surface area (Å²) in [5, 5.41) is 7.17. The molecule has 0 atom stereocenters. The van der Waals surface area contributed by atoms with Crippen molar-refractivity contribution in [3.05, 3.63) is 59.7 Å². The van der Waals surface area contributed by atoms with Crippen LogP contribution in [0.5, 0.6) is 0 Å². The lowest BCUT2D eigenvalue weighted by molar-refractivity contribution is 0.0918. The zero-order chi connectivity index (χ0) is 22.0. The van der Waals surface area contributed by atoms with Gasteiger partial charge in [-0.3, -0.25) is 4.79 Å². The van der Waals surface area contributed by atoms with E-state index < -0.39 is 23.1 Å². The third-order valence-electron chi connectivity index (χ3n) is 5.59. The summed E-state index contributed by atoms with van der Waals surface area (Å²) in [7, 11) is 3.90. The zero-order valence-corrected chi connectivity index (χ0v) is 17.5. The van der Waals surface area contributed by atoms with E-state index >= 15 is 0 Å². The van der Waals surface area contributed by atoms with Gasteiger partial charge in [-0.2, -0.15) is 4.98 Å². The third kappa shape index (κ3) is 4.57. The molecule has 1 amide bonds. The van der Waals surface area contributed by atoms with Gasteiger partial charge in [0, 0.05) is 31.6 Å². The molecule has 6 nitrogen and oxygen atoms in total. The SMILES string of the molecule is CN(C)c1nc(NC2CCC(NC(=O)c3c(F)cccc3F)CC2)nc2ccccc12. The molecule has 0 unspecified atom stereocenters. The normalized spacial score (nSPS) is 18.6. The van der Waals surface area contributed by atoms with E-state index in [1.54, 1.807) is 0 Å². The number of carbonyl (C=O) groups excluding carboxylic acids is 1. The van der Waals surface area contributed by atoms with Crippen molar-refractivity contribution in [2.24, 2.45) is 0 Å². The van der Waals surface area contributed by atoms with Crippen LogP contribution < -0.4 is 15.5 Å². The summed E-state index contributed by atoms with van der Waals surface area (Å²) in [6.07, 6.45) is 2.98. The Kier molecular flexibility index (Phi) is 5.97. The average molecular weight is 425 g/mol. The predicted octanol–water partition coefficient (Wildman–Crippen LogP) is 4.13. The molecule has 2 N–H and O–H groups in total. The van der Waals surface area contributed by atoms with Crippen LogP contribution in [0.3, 0.4) is 0 Å². The van der Waals surface area contributed by atoms with Crippen molar-refractivity contribution in [1.29, 1.82) is 0 Å². The first-order valence-electron chi connectivity index (χ1n) is 10.4. The second-order valence-electron chi connectivity index (χ2n) is 8.05. The van der Waals surface area contributed by atoms with E-state index in [1.807, 2.05) is 43.3 Å². The van der Waals surface area contributed by atoms with E-state index in [1.165, 1.54) is 6.07 Å². The van der Waals surface area contributed by atoms with Gasteiger partial charge in [0.05, 0.1) is 5.52 Å². The smallest absolute Gasteiger partial charge is 0.257 e. The summed E-state index contributed by atoms with van der Waals surface area (Å²) in [5.41, 5.74) is 0.347. The van der Waals surface area contributed by atoms with Crippen molar-refractivity contribution in [2.75, 3.05) is 24.3 Å². The van der Waals surface area contributed by atoms with Gasteiger partial charge in [0.25, 0.3) is 5.91 Å². The number of amides is 1. The minimum absolute atomic E-state index is 0.126. The van der Waals surface area contributed by atoms with Crippen LogP contribution in [-0.2, 0) is 0 Å². The number of rotatable bonds is 5. The lowest BCUT2D eigenvalue weighted by Gasteiger charge is -2.30. The topological polar surface area (TPSA) is 70.2 Å². The van der Waals surface area contributed by atoms with E-state index in [9.17, 15) is 13.6 Å². The molecule has 162 valence electrons. The summed E-state index contributed by atoms with van der Waals surface area (Å²) < 4.78 is 27.7. The number of nitrogens with one attached hydrogen (secondary N) is 2. The number of para-hydroxylation sites is 1. The Labute approximate surface area is 179 Å². The quantitative estimate of drug-likeness (QED) is 0.643. The molecule has 1 aliphatic carbocycles. The first-order valence-corrected chi connectivity index (χ1v) is 10.4. The minimum Gasteiger partial charge on any atom is -0.362 e. The Balaban J connectivity index is 1.39. The first-order chi connectivity index (χ1) is 14.9. The second-order valence-corrected chi connectivity index (χ2v) is 8.05. The summed E-state index contributed by atoms with van der Waals surface area (Å²) in [5.74, 6) is -0.985.